The van der Waals surface area contributed by atoms with Crippen molar-refractivity contribution in [2.75, 3.05) is 0 Å². The number of hydrogen-bond donors (Lipinski definition) is 1. The van der Waals surface area contributed by atoms with Gasteiger partial charge in [-0.2, -0.15) is 5.10 Å². The van der Waals surface area contributed by atoms with Gasteiger partial charge in [0.05, 0.1) is 23.0 Å². The van der Waals surface area contributed by atoms with Crippen molar-refractivity contribution in [1.82, 2.24) is 10.4 Å². The van der Waals surface area contributed by atoms with Gasteiger partial charge in [-0.05, 0) is 31.5 Å². The number of fused-ring (bicyclic) bond motifs is 1. The zero-order valence-corrected chi connectivity index (χ0v) is 13.4. The van der Waals surface area contributed by atoms with E-state index >= 15 is 0 Å². The highest BCUT2D eigenvalue weighted by Gasteiger charge is 2.11. The highest BCUT2D eigenvalue weighted by molar-refractivity contribution is 5.99. The molecule has 0 radical (unpaired) electrons. The fraction of sp³-hybridized carbons (Fsp3) is 0.105. The van der Waals surface area contributed by atoms with Gasteiger partial charge in [0, 0.05) is 10.9 Å². The maximum absolute atomic E-state index is 13.5. The lowest BCUT2D eigenvalue weighted by Gasteiger charge is -2.07. The summed E-state index contributed by atoms with van der Waals surface area (Å²) in [6.45, 7) is 3.76. The number of aromatic nitrogens is 1. The summed E-state index contributed by atoms with van der Waals surface area (Å²) in [6, 6.07) is 13.8. The van der Waals surface area contributed by atoms with Crippen LogP contribution in [0.4, 0.5) is 4.39 Å². The van der Waals surface area contributed by atoms with E-state index in [0.717, 1.165) is 16.5 Å². The Bertz CT molecular complexity index is 950. The van der Waals surface area contributed by atoms with E-state index in [1.54, 1.807) is 31.2 Å². The second-order valence-electron chi connectivity index (χ2n) is 5.49. The first-order valence-corrected chi connectivity index (χ1v) is 7.51. The number of aryl methyl sites for hydroxylation is 2. The van der Waals surface area contributed by atoms with Crippen LogP contribution in [0, 0.1) is 19.7 Å². The molecule has 0 aliphatic carbocycles. The van der Waals surface area contributed by atoms with Crippen molar-refractivity contribution in [3.8, 4) is 0 Å². The summed E-state index contributed by atoms with van der Waals surface area (Å²) in [5, 5.41) is 4.72. The minimum atomic E-state index is -0.394. The molecule has 0 spiro atoms. The monoisotopic (exact) mass is 321 g/mol. The van der Waals surface area contributed by atoms with Crippen LogP contribution in [-0.4, -0.2) is 17.1 Å². The molecule has 0 atom stereocenters. The van der Waals surface area contributed by atoms with Gasteiger partial charge in [-0.25, -0.2) is 9.82 Å². The van der Waals surface area contributed by atoms with Gasteiger partial charge in [0.1, 0.15) is 5.82 Å². The summed E-state index contributed by atoms with van der Waals surface area (Å²) in [7, 11) is 0. The van der Waals surface area contributed by atoms with Gasteiger partial charge in [0.25, 0.3) is 5.91 Å². The molecule has 3 aromatic rings. The van der Waals surface area contributed by atoms with Crippen molar-refractivity contribution in [2.45, 2.75) is 13.8 Å². The third kappa shape index (κ3) is 3.15. The number of pyridine rings is 1. The number of benzene rings is 2. The van der Waals surface area contributed by atoms with E-state index in [-0.39, 0.29) is 5.91 Å². The van der Waals surface area contributed by atoms with Crippen molar-refractivity contribution >= 4 is 23.0 Å². The molecule has 120 valence electrons. The van der Waals surface area contributed by atoms with Gasteiger partial charge in [-0.3, -0.25) is 9.78 Å². The van der Waals surface area contributed by atoms with Crippen LogP contribution in [0.3, 0.4) is 0 Å². The number of nitrogens with zero attached hydrogens (tertiary/aromatic N) is 2. The van der Waals surface area contributed by atoms with Crippen LogP contribution in [0.15, 0.2) is 53.6 Å². The molecule has 0 saturated carbocycles. The Kier molecular flexibility index (Phi) is 4.33. The van der Waals surface area contributed by atoms with Crippen LogP contribution in [0.25, 0.3) is 10.9 Å². The lowest BCUT2D eigenvalue weighted by molar-refractivity contribution is 0.0954. The van der Waals surface area contributed by atoms with Gasteiger partial charge < -0.3 is 0 Å². The average molecular weight is 321 g/mol. The first-order chi connectivity index (χ1) is 11.6. The minimum Gasteiger partial charge on any atom is -0.267 e. The molecule has 0 fully saturated rings. The van der Waals surface area contributed by atoms with E-state index in [1.165, 1.54) is 12.3 Å². The summed E-state index contributed by atoms with van der Waals surface area (Å²) in [4.78, 5) is 16.8. The molecule has 0 bridgehead atoms. The van der Waals surface area contributed by atoms with Crippen LogP contribution in [0.5, 0.6) is 0 Å². The van der Waals surface area contributed by atoms with Crippen molar-refractivity contribution < 1.29 is 9.18 Å². The SMILES string of the molecule is Cc1nc2c(C)cccc2cc1C(=O)N/N=C\c1ccccc1F. The number of hydrazone groups is 1. The lowest BCUT2D eigenvalue weighted by Crippen LogP contribution is -2.19. The normalized spacial score (nSPS) is 11.1. The summed E-state index contributed by atoms with van der Waals surface area (Å²) >= 11 is 0. The second kappa shape index (κ2) is 6.58. The van der Waals surface area contributed by atoms with Crippen LogP contribution in [0.2, 0.25) is 0 Å². The lowest BCUT2D eigenvalue weighted by atomic mass is 10.1. The summed E-state index contributed by atoms with van der Waals surface area (Å²) in [5.74, 6) is -0.773. The molecule has 1 aromatic heterocycles. The molecule has 4 nitrogen and oxygen atoms in total. The number of para-hydroxylation sites is 1. The van der Waals surface area contributed by atoms with Crippen molar-refractivity contribution in [2.24, 2.45) is 5.10 Å². The van der Waals surface area contributed by atoms with Crippen molar-refractivity contribution in [3.05, 3.63) is 76.7 Å². The zero-order chi connectivity index (χ0) is 17.1. The number of amides is 1. The minimum absolute atomic E-state index is 0.307. The molecule has 0 unspecified atom stereocenters. The first-order valence-electron chi connectivity index (χ1n) is 7.51. The Morgan fingerprint density at radius 1 is 1.17 bits per heavy atom. The van der Waals surface area contributed by atoms with Crippen molar-refractivity contribution in [3.63, 3.8) is 0 Å². The van der Waals surface area contributed by atoms with Gasteiger partial charge in [0.15, 0.2) is 0 Å². The zero-order valence-electron chi connectivity index (χ0n) is 13.4. The van der Waals surface area contributed by atoms with E-state index in [9.17, 15) is 9.18 Å². The van der Waals surface area contributed by atoms with Crippen LogP contribution >= 0.6 is 0 Å². The third-order valence-electron chi connectivity index (χ3n) is 3.76. The summed E-state index contributed by atoms with van der Waals surface area (Å²) in [6.07, 6.45) is 1.28. The molecule has 0 aliphatic rings. The smallest absolute Gasteiger partial charge is 0.267 e. The quantitative estimate of drug-likeness (QED) is 0.590. The Morgan fingerprint density at radius 2 is 1.96 bits per heavy atom. The van der Waals surface area contributed by atoms with E-state index in [2.05, 4.69) is 15.5 Å². The number of halogens is 1. The van der Waals surface area contributed by atoms with Gasteiger partial charge in [-0.15, -0.1) is 0 Å². The Hall–Kier alpha value is -3.08. The summed E-state index contributed by atoms with van der Waals surface area (Å²) < 4.78 is 13.5. The van der Waals surface area contributed by atoms with E-state index in [0.29, 0.717) is 16.8 Å². The van der Waals surface area contributed by atoms with E-state index in [4.69, 9.17) is 0 Å². The molecular formula is C19H16FN3O. The molecule has 1 N–H and O–H groups in total. The highest BCUT2D eigenvalue weighted by Crippen LogP contribution is 2.19. The van der Waals surface area contributed by atoms with Crippen LogP contribution < -0.4 is 5.43 Å². The number of nitrogens with one attached hydrogen (secondary N) is 1. The maximum Gasteiger partial charge on any atom is 0.273 e. The Labute approximate surface area is 139 Å². The Balaban J connectivity index is 1.84. The molecule has 1 amide bonds. The van der Waals surface area contributed by atoms with Gasteiger partial charge >= 0.3 is 0 Å². The van der Waals surface area contributed by atoms with Crippen LogP contribution in [-0.2, 0) is 0 Å². The predicted octanol–water partition coefficient (Wildman–Crippen LogP) is 3.75. The van der Waals surface area contributed by atoms with Gasteiger partial charge in [-0.1, -0.05) is 36.4 Å². The molecular weight excluding hydrogens is 305 g/mol. The predicted molar refractivity (Wildman–Crippen MR) is 92.7 cm³/mol. The molecule has 5 heteroatoms. The topological polar surface area (TPSA) is 54.4 Å². The molecule has 0 saturated heterocycles. The molecule has 2 aromatic carbocycles. The standard InChI is InChI=1S/C19H16FN3O/c1-12-6-5-8-14-10-16(13(2)22-18(12)14)19(24)23-21-11-15-7-3-4-9-17(15)20/h3-11H,1-2H3,(H,23,24)/b21-11-. The van der Waals surface area contributed by atoms with E-state index < -0.39 is 5.82 Å². The third-order valence-corrected chi connectivity index (χ3v) is 3.76. The fourth-order valence-electron chi connectivity index (χ4n) is 2.47. The molecule has 24 heavy (non-hydrogen) atoms. The molecule has 3 rings (SSSR count). The average Bonchev–Trinajstić information content (AvgIpc) is 2.57. The largest absolute Gasteiger partial charge is 0.273 e. The number of carbonyl (C=O) groups excluding carboxylic acids is 1. The maximum atomic E-state index is 13.5. The van der Waals surface area contributed by atoms with E-state index in [1.807, 2.05) is 25.1 Å². The molecule has 1 heterocycles. The van der Waals surface area contributed by atoms with Crippen LogP contribution in [0.1, 0.15) is 27.2 Å². The van der Waals surface area contributed by atoms with Crippen molar-refractivity contribution in [1.29, 1.82) is 0 Å². The second-order valence-corrected chi connectivity index (χ2v) is 5.49. The number of carbonyl (C=O) groups is 1. The van der Waals surface area contributed by atoms with Gasteiger partial charge in [0.2, 0.25) is 0 Å². The number of rotatable bonds is 3. The first kappa shape index (κ1) is 15.8. The fourth-order valence-corrected chi connectivity index (χ4v) is 2.47. The number of hydrogen-bond acceptors (Lipinski definition) is 3. The molecule has 0 aliphatic heterocycles. The highest BCUT2D eigenvalue weighted by atomic mass is 19.1. The Morgan fingerprint density at radius 3 is 2.75 bits per heavy atom. The summed E-state index contributed by atoms with van der Waals surface area (Å²) in [5.41, 5.74) is 5.72.